The molecule has 0 aliphatic carbocycles. The van der Waals surface area contributed by atoms with E-state index in [0.29, 0.717) is 18.8 Å². The summed E-state index contributed by atoms with van der Waals surface area (Å²) in [6, 6.07) is 1.39. The van der Waals surface area contributed by atoms with Gasteiger partial charge in [0.1, 0.15) is 5.82 Å². The molecule has 0 aromatic carbocycles. The topological polar surface area (TPSA) is 88.4 Å². The number of ether oxygens (including phenoxy) is 1. The maximum atomic E-state index is 11.7. The van der Waals surface area contributed by atoms with E-state index in [1.165, 1.54) is 0 Å². The normalized spacial score (nSPS) is 13.9. The van der Waals surface area contributed by atoms with Gasteiger partial charge in [0, 0.05) is 39.8 Å². The number of aromatic nitrogens is 2. The zero-order valence-electron chi connectivity index (χ0n) is 11.9. The number of hydrogen-bond donors (Lipinski definition) is 3. The van der Waals surface area contributed by atoms with Gasteiger partial charge in [-0.2, -0.15) is 5.10 Å². The number of carbonyl (C=O) groups excluding carboxylic acids is 1. The van der Waals surface area contributed by atoms with Crippen LogP contribution in [0.2, 0.25) is 0 Å². The molecule has 108 valence electrons. The Bertz CT molecular complexity index is 429. The first-order valence-electron chi connectivity index (χ1n) is 6.11. The fourth-order valence-corrected chi connectivity index (χ4v) is 1.57. The van der Waals surface area contributed by atoms with Gasteiger partial charge < -0.3 is 15.2 Å². The molecule has 1 aromatic heterocycles. The van der Waals surface area contributed by atoms with Gasteiger partial charge in [0.2, 0.25) is 0 Å². The Labute approximate surface area is 112 Å². The lowest BCUT2D eigenvalue weighted by Gasteiger charge is -2.23. The molecule has 1 heterocycles. The van der Waals surface area contributed by atoms with Crippen molar-refractivity contribution in [1.82, 2.24) is 15.1 Å². The number of aliphatic hydroxyl groups is 1. The van der Waals surface area contributed by atoms with Gasteiger partial charge in [-0.1, -0.05) is 0 Å². The highest BCUT2D eigenvalue weighted by atomic mass is 16.5. The molecular weight excluding hydrogens is 248 g/mol. The van der Waals surface area contributed by atoms with Crippen molar-refractivity contribution in [2.24, 2.45) is 7.05 Å². The van der Waals surface area contributed by atoms with Crippen molar-refractivity contribution < 1.29 is 14.6 Å². The highest BCUT2D eigenvalue weighted by Crippen LogP contribution is 2.09. The summed E-state index contributed by atoms with van der Waals surface area (Å²) in [5.74, 6) is 0.603. The molecule has 1 atom stereocenters. The summed E-state index contributed by atoms with van der Waals surface area (Å²) in [4.78, 5) is 11.7. The van der Waals surface area contributed by atoms with Gasteiger partial charge in [-0.25, -0.2) is 4.79 Å². The molecule has 7 nitrogen and oxygen atoms in total. The van der Waals surface area contributed by atoms with Crippen LogP contribution in [0.25, 0.3) is 0 Å². The van der Waals surface area contributed by atoms with Crippen molar-refractivity contribution >= 4 is 11.8 Å². The molecule has 1 rings (SSSR count). The standard InChI is InChI=1S/C12H22N4O3/c1-9-7-10(16(3)15-9)14-11(17)13-8-12(2,18)5-6-19-4/h7,18H,5-6,8H2,1-4H3,(H2,13,14,17)/t12-/m0/s1. The summed E-state index contributed by atoms with van der Waals surface area (Å²) in [6.45, 7) is 4.09. The first-order valence-corrected chi connectivity index (χ1v) is 6.11. The molecule has 0 saturated heterocycles. The molecule has 0 fully saturated rings. The van der Waals surface area contributed by atoms with Crippen LogP contribution in [0.15, 0.2) is 6.07 Å². The van der Waals surface area contributed by atoms with Crippen LogP contribution >= 0.6 is 0 Å². The van der Waals surface area contributed by atoms with Crippen LogP contribution in [0.1, 0.15) is 19.0 Å². The second-order valence-electron chi connectivity index (χ2n) is 4.84. The van der Waals surface area contributed by atoms with E-state index < -0.39 is 5.60 Å². The molecule has 0 bridgehead atoms. The predicted octanol–water partition coefficient (Wildman–Crippen LogP) is 0.638. The molecule has 7 heteroatoms. The third-order valence-corrected chi connectivity index (χ3v) is 2.72. The minimum Gasteiger partial charge on any atom is -0.388 e. The molecule has 0 saturated carbocycles. The zero-order valence-corrected chi connectivity index (χ0v) is 11.9. The van der Waals surface area contributed by atoms with E-state index in [9.17, 15) is 9.90 Å². The Kier molecular flexibility index (Phi) is 5.31. The Balaban J connectivity index is 2.41. The summed E-state index contributed by atoms with van der Waals surface area (Å²) >= 11 is 0. The number of nitrogens with zero attached hydrogens (tertiary/aromatic N) is 2. The van der Waals surface area contributed by atoms with Crippen LogP contribution in [0.4, 0.5) is 10.6 Å². The molecule has 0 aliphatic rings. The summed E-state index contributed by atoms with van der Waals surface area (Å²) in [5.41, 5.74) is -0.166. The Morgan fingerprint density at radius 1 is 1.63 bits per heavy atom. The van der Waals surface area contributed by atoms with E-state index in [4.69, 9.17) is 4.74 Å². The number of amides is 2. The van der Waals surface area contributed by atoms with Gasteiger partial charge in [-0.3, -0.25) is 10.00 Å². The van der Waals surface area contributed by atoms with Crippen LogP contribution in [-0.2, 0) is 11.8 Å². The SMILES string of the molecule is COCC[C@](C)(O)CNC(=O)Nc1cc(C)nn1C. The monoisotopic (exact) mass is 270 g/mol. The lowest BCUT2D eigenvalue weighted by molar-refractivity contribution is 0.0273. The summed E-state index contributed by atoms with van der Waals surface area (Å²) in [6.07, 6.45) is 0.453. The average Bonchev–Trinajstić information content (AvgIpc) is 2.63. The molecular formula is C12H22N4O3. The van der Waals surface area contributed by atoms with E-state index in [1.54, 1.807) is 31.8 Å². The fraction of sp³-hybridized carbons (Fsp3) is 0.667. The van der Waals surface area contributed by atoms with Crippen LogP contribution in [0.5, 0.6) is 0 Å². The van der Waals surface area contributed by atoms with Crippen molar-refractivity contribution in [1.29, 1.82) is 0 Å². The summed E-state index contributed by atoms with van der Waals surface area (Å²) in [5, 5.41) is 19.4. The minimum absolute atomic E-state index is 0.152. The number of carbonyl (C=O) groups is 1. The molecule has 0 aliphatic heterocycles. The Morgan fingerprint density at radius 2 is 2.32 bits per heavy atom. The van der Waals surface area contributed by atoms with E-state index in [2.05, 4.69) is 15.7 Å². The number of rotatable bonds is 6. The number of aryl methyl sites for hydroxylation is 2. The van der Waals surface area contributed by atoms with E-state index in [0.717, 1.165) is 5.69 Å². The quantitative estimate of drug-likeness (QED) is 0.707. The molecule has 0 radical (unpaired) electrons. The van der Waals surface area contributed by atoms with Crippen molar-refractivity contribution in [3.8, 4) is 0 Å². The van der Waals surface area contributed by atoms with Crippen LogP contribution in [-0.4, -0.2) is 46.8 Å². The van der Waals surface area contributed by atoms with Gasteiger partial charge in [0.15, 0.2) is 0 Å². The van der Waals surface area contributed by atoms with Crippen molar-refractivity contribution in [2.45, 2.75) is 25.9 Å². The van der Waals surface area contributed by atoms with Crippen LogP contribution in [0.3, 0.4) is 0 Å². The first-order chi connectivity index (χ1) is 8.84. The van der Waals surface area contributed by atoms with Gasteiger partial charge >= 0.3 is 6.03 Å². The number of hydrogen-bond acceptors (Lipinski definition) is 4. The predicted molar refractivity (Wildman–Crippen MR) is 72.1 cm³/mol. The van der Waals surface area contributed by atoms with Gasteiger partial charge in [-0.15, -0.1) is 0 Å². The second-order valence-corrected chi connectivity index (χ2v) is 4.84. The largest absolute Gasteiger partial charge is 0.388 e. The number of nitrogens with one attached hydrogen (secondary N) is 2. The lowest BCUT2D eigenvalue weighted by atomic mass is 10.0. The maximum absolute atomic E-state index is 11.7. The van der Waals surface area contributed by atoms with Gasteiger partial charge in [0.25, 0.3) is 0 Å². The fourth-order valence-electron chi connectivity index (χ4n) is 1.57. The van der Waals surface area contributed by atoms with E-state index in [-0.39, 0.29) is 12.6 Å². The third kappa shape index (κ3) is 5.27. The maximum Gasteiger partial charge on any atom is 0.320 e. The smallest absolute Gasteiger partial charge is 0.320 e. The van der Waals surface area contributed by atoms with Crippen molar-refractivity contribution in [3.63, 3.8) is 0 Å². The molecule has 0 spiro atoms. The molecule has 2 amide bonds. The number of urea groups is 1. The third-order valence-electron chi connectivity index (χ3n) is 2.72. The van der Waals surface area contributed by atoms with Crippen LogP contribution < -0.4 is 10.6 Å². The second kappa shape index (κ2) is 6.53. The Hall–Kier alpha value is -1.60. The van der Waals surface area contributed by atoms with Gasteiger partial charge in [0.05, 0.1) is 11.3 Å². The van der Waals surface area contributed by atoms with Gasteiger partial charge in [-0.05, 0) is 13.8 Å². The summed E-state index contributed by atoms with van der Waals surface area (Å²) in [7, 11) is 3.32. The average molecular weight is 270 g/mol. The molecule has 1 aromatic rings. The minimum atomic E-state index is -0.990. The molecule has 3 N–H and O–H groups in total. The highest BCUT2D eigenvalue weighted by molar-refractivity contribution is 5.88. The number of methoxy groups -OCH3 is 1. The van der Waals surface area contributed by atoms with E-state index >= 15 is 0 Å². The van der Waals surface area contributed by atoms with E-state index in [1.807, 2.05) is 6.92 Å². The Morgan fingerprint density at radius 3 is 2.84 bits per heavy atom. The van der Waals surface area contributed by atoms with Crippen molar-refractivity contribution in [2.75, 3.05) is 25.6 Å². The number of anilines is 1. The summed E-state index contributed by atoms with van der Waals surface area (Å²) < 4.78 is 6.48. The molecule has 0 unspecified atom stereocenters. The lowest BCUT2D eigenvalue weighted by Crippen LogP contribution is -2.43. The highest BCUT2D eigenvalue weighted by Gasteiger charge is 2.21. The van der Waals surface area contributed by atoms with Crippen molar-refractivity contribution in [3.05, 3.63) is 11.8 Å². The molecule has 19 heavy (non-hydrogen) atoms. The van der Waals surface area contributed by atoms with Crippen LogP contribution in [0, 0.1) is 6.92 Å². The first kappa shape index (κ1) is 15.5. The zero-order chi connectivity index (χ0) is 14.5.